The zero-order valence-corrected chi connectivity index (χ0v) is 9.29. The first-order chi connectivity index (χ1) is 8.18. The number of nitro groups is 1. The molecule has 5 nitrogen and oxygen atoms in total. The number of ether oxygens (including phenoxy) is 1. The molecule has 0 fully saturated rings. The predicted molar refractivity (Wildman–Crippen MR) is 62.4 cm³/mol. The Morgan fingerprint density at radius 1 is 1.18 bits per heavy atom. The zero-order chi connectivity index (χ0) is 12.3. The normalized spacial score (nSPS) is 9.94. The number of hydrogen-bond donors (Lipinski definition) is 0. The number of halogens is 1. The maximum Gasteiger partial charge on any atom is 0.406 e. The van der Waals surface area contributed by atoms with Crippen molar-refractivity contribution in [3.8, 4) is 11.5 Å². The topological polar surface area (TPSA) is 65.3 Å². The van der Waals surface area contributed by atoms with Gasteiger partial charge in [-0.15, -0.1) is 0 Å². The summed E-state index contributed by atoms with van der Waals surface area (Å²) in [4.78, 5) is 13.8. The minimum atomic E-state index is -0.605. The van der Waals surface area contributed by atoms with E-state index in [1.54, 1.807) is 30.3 Å². The fourth-order valence-electron chi connectivity index (χ4n) is 1.24. The van der Waals surface area contributed by atoms with Crippen LogP contribution in [0.2, 0.25) is 5.02 Å². The van der Waals surface area contributed by atoms with E-state index >= 15 is 0 Å². The highest BCUT2D eigenvalue weighted by Crippen LogP contribution is 2.32. The van der Waals surface area contributed by atoms with Crippen molar-refractivity contribution < 1.29 is 9.66 Å². The van der Waals surface area contributed by atoms with Crippen molar-refractivity contribution in [2.75, 3.05) is 0 Å². The predicted octanol–water partition coefficient (Wildman–Crippen LogP) is 3.44. The second-order valence-electron chi connectivity index (χ2n) is 3.11. The molecule has 0 spiro atoms. The highest BCUT2D eigenvalue weighted by atomic mass is 35.5. The van der Waals surface area contributed by atoms with Crippen LogP contribution in [0.15, 0.2) is 42.6 Å². The number of benzene rings is 1. The van der Waals surface area contributed by atoms with Gasteiger partial charge in [0.05, 0.1) is 5.02 Å². The molecule has 1 aromatic heterocycles. The molecule has 0 saturated heterocycles. The van der Waals surface area contributed by atoms with Crippen molar-refractivity contribution in [2.24, 2.45) is 0 Å². The molecule has 2 aromatic rings. The molecule has 0 amide bonds. The number of hydrogen-bond acceptors (Lipinski definition) is 4. The van der Waals surface area contributed by atoms with Gasteiger partial charge in [-0.05, 0) is 34.2 Å². The van der Waals surface area contributed by atoms with Gasteiger partial charge in [0.1, 0.15) is 11.9 Å². The second-order valence-corrected chi connectivity index (χ2v) is 3.52. The molecule has 0 atom stereocenters. The van der Waals surface area contributed by atoms with Crippen LogP contribution in [0.25, 0.3) is 0 Å². The summed E-state index contributed by atoms with van der Waals surface area (Å²) in [5, 5.41) is 11.1. The lowest BCUT2D eigenvalue weighted by Crippen LogP contribution is -1.95. The van der Waals surface area contributed by atoms with Gasteiger partial charge in [0.2, 0.25) is 5.75 Å². The van der Waals surface area contributed by atoms with Crippen LogP contribution in [-0.4, -0.2) is 9.91 Å². The molecule has 1 aromatic carbocycles. The van der Waals surface area contributed by atoms with E-state index in [1.807, 2.05) is 0 Å². The summed E-state index contributed by atoms with van der Waals surface area (Å²) in [6.45, 7) is 0. The van der Waals surface area contributed by atoms with Crippen LogP contribution in [0.1, 0.15) is 0 Å². The molecular weight excluding hydrogens is 244 g/mol. The van der Waals surface area contributed by atoms with E-state index in [4.69, 9.17) is 16.3 Å². The van der Waals surface area contributed by atoms with Crippen LogP contribution in [0.3, 0.4) is 0 Å². The highest BCUT2D eigenvalue weighted by molar-refractivity contribution is 6.32. The van der Waals surface area contributed by atoms with E-state index in [0.29, 0.717) is 10.8 Å². The fourth-order valence-corrected chi connectivity index (χ4v) is 1.42. The van der Waals surface area contributed by atoms with Crippen LogP contribution in [-0.2, 0) is 0 Å². The lowest BCUT2D eigenvalue weighted by molar-refractivity contribution is -0.390. The van der Waals surface area contributed by atoms with E-state index in [9.17, 15) is 10.1 Å². The minimum Gasteiger partial charge on any atom is -0.447 e. The summed E-state index contributed by atoms with van der Waals surface area (Å²) in [7, 11) is 0. The number of pyridine rings is 1. The Kier molecular flexibility index (Phi) is 3.20. The summed E-state index contributed by atoms with van der Waals surface area (Å²) < 4.78 is 5.37. The van der Waals surface area contributed by atoms with Crippen LogP contribution < -0.4 is 4.74 Å². The molecule has 6 heteroatoms. The Morgan fingerprint density at radius 2 is 1.88 bits per heavy atom. The fraction of sp³-hybridized carbons (Fsp3) is 0. The smallest absolute Gasteiger partial charge is 0.406 e. The molecule has 86 valence electrons. The maximum absolute atomic E-state index is 10.7. The van der Waals surface area contributed by atoms with E-state index in [0.717, 1.165) is 0 Å². The maximum atomic E-state index is 10.7. The third-order valence-corrected chi connectivity index (χ3v) is 2.29. The third kappa shape index (κ3) is 2.51. The largest absolute Gasteiger partial charge is 0.447 e. The molecule has 0 N–H and O–H groups in total. The SMILES string of the molecule is O=[N+]([O-])c1ncccc1Oc1ccccc1Cl. The lowest BCUT2D eigenvalue weighted by Gasteiger charge is -2.06. The summed E-state index contributed by atoms with van der Waals surface area (Å²) in [6, 6.07) is 9.75. The first-order valence-electron chi connectivity index (χ1n) is 4.70. The van der Waals surface area contributed by atoms with Crippen molar-refractivity contribution in [1.29, 1.82) is 0 Å². The Hall–Kier alpha value is -2.14. The van der Waals surface area contributed by atoms with Crippen LogP contribution >= 0.6 is 11.6 Å². The molecule has 0 aliphatic heterocycles. The molecule has 0 aliphatic carbocycles. The molecule has 0 saturated carbocycles. The Bertz CT molecular complexity index is 560. The van der Waals surface area contributed by atoms with Gasteiger partial charge in [-0.1, -0.05) is 23.7 Å². The number of nitrogens with zero attached hydrogens (tertiary/aromatic N) is 2. The average Bonchev–Trinajstić information content (AvgIpc) is 2.32. The van der Waals surface area contributed by atoms with Gasteiger partial charge in [-0.3, -0.25) is 0 Å². The van der Waals surface area contributed by atoms with Gasteiger partial charge >= 0.3 is 5.82 Å². The molecule has 0 bridgehead atoms. The Labute approximate surface area is 102 Å². The Morgan fingerprint density at radius 3 is 2.59 bits per heavy atom. The molecule has 0 unspecified atom stereocenters. The van der Waals surface area contributed by atoms with Crippen molar-refractivity contribution in [1.82, 2.24) is 4.98 Å². The van der Waals surface area contributed by atoms with Crippen molar-refractivity contribution in [3.05, 3.63) is 57.7 Å². The number of para-hydroxylation sites is 1. The molecule has 0 radical (unpaired) electrons. The van der Waals surface area contributed by atoms with Gasteiger partial charge in [-0.25, -0.2) is 0 Å². The summed E-state index contributed by atoms with van der Waals surface area (Å²) in [5.41, 5.74) is 0. The van der Waals surface area contributed by atoms with Gasteiger partial charge < -0.3 is 14.9 Å². The van der Waals surface area contributed by atoms with E-state index in [2.05, 4.69) is 4.98 Å². The van der Waals surface area contributed by atoms with Crippen LogP contribution in [0, 0.1) is 10.1 Å². The molecule has 1 heterocycles. The standard InChI is InChI=1S/C11H7ClN2O3/c12-8-4-1-2-5-9(8)17-10-6-3-7-13-11(10)14(15)16/h1-7H. The summed E-state index contributed by atoms with van der Waals surface area (Å²) in [6.07, 6.45) is 1.33. The molecule has 2 rings (SSSR count). The van der Waals surface area contributed by atoms with Gasteiger partial charge in [0.15, 0.2) is 0 Å². The van der Waals surface area contributed by atoms with E-state index in [-0.39, 0.29) is 11.6 Å². The quantitative estimate of drug-likeness (QED) is 0.618. The zero-order valence-electron chi connectivity index (χ0n) is 8.54. The lowest BCUT2D eigenvalue weighted by atomic mass is 10.3. The number of aromatic nitrogens is 1. The van der Waals surface area contributed by atoms with Gasteiger partial charge in [-0.2, -0.15) is 0 Å². The Balaban J connectivity index is 2.37. The second kappa shape index (κ2) is 4.80. The molecule has 17 heavy (non-hydrogen) atoms. The molecule has 0 aliphatic rings. The average molecular weight is 251 g/mol. The number of rotatable bonds is 3. The first kappa shape index (κ1) is 11.3. The van der Waals surface area contributed by atoms with Crippen LogP contribution in [0.4, 0.5) is 5.82 Å². The van der Waals surface area contributed by atoms with Gasteiger partial charge in [0, 0.05) is 0 Å². The third-order valence-electron chi connectivity index (χ3n) is 1.98. The minimum absolute atomic E-state index is 0.0607. The van der Waals surface area contributed by atoms with Crippen molar-refractivity contribution in [3.63, 3.8) is 0 Å². The highest BCUT2D eigenvalue weighted by Gasteiger charge is 2.16. The van der Waals surface area contributed by atoms with E-state index < -0.39 is 4.92 Å². The van der Waals surface area contributed by atoms with E-state index in [1.165, 1.54) is 12.3 Å². The summed E-state index contributed by atoms with van der Waals surface area (Å²) in [5.74, 6) is 0.0725. The monoisotopic (exact) mass is 250 g/mol. The first-order valence-corrected chi connectivity index (χ1v) is 5.08. The molecular formula is C11H7ClN2O3. The summed E-state index contributed by atoms with van der Waals surface area (Å²) >= 11 is 5.89. The van der Waals surface area contributed by atoms with Crippen molar-refractivity contribution >= 4 is 17.4 Å². The van der Waals surface area contributed by atoms with Crippen molar-refractivity contribution in [2.45, 2.75) is 0 Å². The van der Waals surface area contributed by atoms with Gasteiger partial charge in [0.25, 0.3) is 0 Å². The van der Waals surface area contributed by atoms with Crippen LogP contribution in [0.5, 0.6) is 11.5 Å².